The third kappa shape index (κ3) is 5.83. The fraction of sp³-hybridized carbons (Fsp3) is 0. The summed E-state index contributed by atoms with van der Waals surface area (Å²) < 4.78 is 30.7. The van der Waals surface area contributed by atoms with Crippen LogP contribution in [-0.4, -0.2) is 19.8 Å². The molecule has 0 aromatic heterocycles. The van der Waals surface area contributed by atoms with Crippen LogP contribution in [0.3, 0.4) is 0 Å². The van der Waals surface area contributed by atoms with E-state index in [0.717, 1.165) is 0 Å². The lowest BCUT2D eigenvalue weighted by Crippen LogP contribution is -2.09. The number of para-hydroxylation sites is 1. The quantitative estimate of drug-likeness (QED) is 0.693. The first-order valence-electron chi connectivity index (χ1n) is 3.17. The zero-order valence-electron chi connectivity index (χ0n) is 6.67. The number of nitrogens with one attached hydrogen (secondary N) is 1. The van der Waals surface area contributed by atoms with Crippen LogP contribution in [0.25, 0.3) is 0 Å². The first-order chi connectivity index (χ1) is 6.08. The summed E-state index contributed by atoms with van der Waals surface area (Å²) in [5, 5.41) is 0. The van der Waals surface area contributed by atoms with Gasteiger partial charge in [-0.2, -0.15) is 8.42 Å². The van der Waals surface area contributed by atoms with Crippen LogP contribution in [0.2, 0.25) is 0 Å². The molecule has 0 aliphatic rings. The van der Waals surface area contributed by atoms with Crippen molar-refractivity contribution in [1.82, 2.24) is 0 Å². The maximum atomic E-state index is 10.2. The van der Waals surface area contributed by atoms with Gasteiger partial charge in [-0.15, -0.1) is 0 Å². The van der Waals surface area contributed by atoms with E-state index < -0.39 is 10.3 Å². The second-order valence-electron chi connectivity index (χ2n) is 1.94. The average Bonchev–Trinajstić information content (AvgIpc) is 2.07. The Kier molecular flexibility index (Phi) is 4.71. The van der Waals surface area contributed by atoms with Crippen LogP contribution in [0.4, 0.5) is 5.69 Å². The van der Waals surface area contributed by atoms with Crippen LogP contribution < -0.4 is 4.72 Å². The predicted molar refractivity (Wildman–Crippen MR) is 48.7 cm³/mol. The SMILES string of the molecule is C=O.O=S(=O)(O)Nc1ccccc1. The second-order valence-corrected chi connectivity index (χ2v) is 3.10. The Balaban J connectivity index is 0.000000671. The topological polar surface area (TPSA) is 83.5 Å². The second kappa shape index (κ2) is 5.28. The van der Waals surface area contributed by atoms with Crippen molar-refractivity contribution in [3.8, 4) is 0 Å². The Hall–Kier alpha value is -1.40. The number of hydrogen-bond acceptors (Lipinski definition) is 3. The molecule has 0 heterocycles. The highest BCUT2D eigenvalue weighted by atomic mass is 32.2. The van der Waals surface area contributed by atoms with E-state index in [1.54, 1.807) is 18.2 Å². The number of rotatable bonds is 2. The monoisotopic (exact) mass is 203 g/mol. The molecule has 0 aliphatic carbocycles. The molecule has 2 N–H and O–H groups in total. The Bertz CT molecular complexity index is 335. The highest BCUT2D eigenvalue weighted by Gasteiger charge is 2.00. The Morgan fingerprint density at radius 3 is 2.00 bits per heavy atom. The van der Waals surface area contributed by atoms with E-state index in [2.05, 4.69) is 0 Å². The van der Waals surface area contributed by atoms with Crippen molar-refractivity contribution in [3.63, 3.8) is 0 Å². The van der Waals surface area contributed by atoms with Crippen molar-refractivity contribution in [1.29, 1.82) is 0 Å². The summed E-state index contributed by atoms with van der Waals surface area (Å²) in [7, 11) is -4.13. The molecule has 13 heavy (non-hydrogen) atoms. The molecule has 0 radical (unpaired) electrons. The van der Waals surface area contributed by atoms with Crippen molar-refractivity contribution in [2.24, 2.45) is 0 Å². The zero-order valence-corrected chi connectivity index (χ0v) is 7.49. The van der Waals surface area contributed by atoms with E-state index >= 15 is 0 Å². The summed E-state index contributed by atoms with van der Waals surface area (Å²) >= 11 is 0. The molecule has 0 aliphatic heterocycles. The Labute approximate surface area is 76.3 Å². The predicted octanol–water partition coefficient (Wildman–Crippen LogP) is 0.716. The molecular weight excluding hydrogens is 194 g/mol. The van der Waals surface area contributed by atoms with Crippen molar-refractivity contribution in [2.45, 2.75) is 0 Å². The average molecular weight is 203 g/mol. The molecule has 0 spiro atoms. The largest absolute Gasteiger partial charge is 0.357 e. The lowest BCUT2D eigenvalue weighted by atomic mass is 10.3. The van der Waals surface area contributed by atoms with Crippen LogP contribution >= 0.6 is 0 Å². The number of benzene rings is 1. The van der Waals surface area contributed by atoms with E-state index in [9.17, 15) is 8.42 Å². The summed E-state index contributed by atoms with van der Waals surface area (Å²) in [6, 6.07) is 8.14. The zero-order chi connectivity index (χ0) is 10.3. The van der Waals surface area contributed by atoms with Crippen LogP contribution in [-0.2, 0) is 15.1 Å². The van der Waals surface area contributed by atoms with Gasteiger partial charge in [-0.1, -0.05) is 18.2 Å². The first-order valence-corrected chi connectivity index (χ1v) is 4.61. The van der Waals surface area contributed by atoms with E-state index in [0.29, 0.717) is 5.69 Å². The van der Waals surface area contributed by atoms with Gasteiger partial charge < -0.3 is 4.79 Å². The molecule has 6 heteroatoms. The fourth-order valence-corrected chi connectivity index (χ4v) is 1.09. The van der Waals surface area contributed by atoms with Crippen LogP contribution in [0.15, 0.2) is 30.3 Å². The van der Waals surface area contributed by atoms with Gasteiger partial charge in [0.25, 0.3) is 0 Å². The lowest BCUT2D eigenvalue weighted by molar-refractivity contribution is -0.0979. The minimum absolute atomic E-state index is 0.343. The molecule has 0 fully saturated rings. The maximum absolute atomic E-state index is 10.2. The van der Waals surface area contributed by atoms with Crippen molar-refractivity contribution in [2.75, 3.05) is 4.72 Å². The van der Waals surface area contributed by atoms with Crippen molar-refractivity contribution in [3.05, 3.63) is 30.3 Å². The van der Waals surface area contributed by atoms with Crippen LogP contribution in [0.5, 0.6) is 0 Å². The maximum Gasteiger partial charge on any atom is 0.357 e. The fourth-order valence-electron chi connectivity index (χ4n) is 0.655. The van der Waals surface area contributed by atoms with Crippen molar-refractivity contribution >= 4 is 22.8 Å². The van der Waals surface area contributed by atoms with Gasteiger partial charge in [0.2, 0.25) is 0 Å². The molecular formula is C7H9NO4S. The molecule has 1 aromatic carbocycles. The van der Waals surface area contributed by atoms with Gasteiger partial charge in [-0.3, -0.25) is 9.27 Å². The highest BCUT2D eigenvalue weighted by molar-refractivity contribution is 7.87. The molecule has 72 valence electrons. The number of anilines is 1. The standard InChI is InChI=1S/C6H7NO3S.CH2O/c8-11(9,10)7-6-4-2-1-3-5-6;1-2/h1-5,7H,(H,8,9,10);1H2. The minimum Gasteiger partial charge on any atom is -0.307 e. The third-order valence-electron chi connectivity index (χ3n) is 1.02. The summed E-state index contributed by atoms with van der Waals surface area (Å²) in [4.78, 5) is 8.00. The number of hydrogen-bond donors (Lipinski definition) is 2. The van der Waals surface area contributed by atoms with E-state index in [1.165, 1.54) is 12.1 Å². The normalized spacial score (nSPS) is 9.62. The van der Waals surface area contributed by atoms with Gasteiger partial charge in [-0.25, -0.2) is 0 Å². The van der Waals surface area contributed by atoms with Crippen molar-refractivity contribution < 1.29 is 17.8 Å². The molecule has 0 unspecified atom stereocenters. The number of carbonyl (C=O) groups is 1. The van der Waals surface area contributed by atoms with Gasteiger partial charge in [-0.05, 0) is 12.1 Å². The molecule has 0 saturated carbocycles. The van der Waals surface area contributed by atoms with Gasteiger partial charge in [0.15, 0.2) is 0 Å². The lowest BCUT2D eigenvalue weighted by Gasteiger charge is -1.99. The summed E-state index contributed by atoms with van der Waals surface area (Å²) in [6.45, 7) is 2.00. The Morgan fingerprint density at radius 2 is 1.62 bits per heavy atom. The molecule has 0 amide bonds. The number of carbonyl (C=O) groups excluding carboxylic acids is 1. The molecule has 1 aromatic rings. The summed E-state index contributed by atoms with van der Waals surface area (Å²) in [5.41, 5.74) is 0.343. The van der Waals surface area contributed by atoms with Gasteiger partial charge >= 0.3 is 10.3 Å². The molecule has 5 nitrogen and oxygen atoms in total. The highest BCUT2D eigenvalue weighted by Crippen LogP contribution is 2.05. The molecule has 1 rings (SSSR count). The van der Waals surface area contributed by atoms with Gasteiger partial charge in [0.05, 0.1) is 5.69 Å². The minimum atomic E-state index is -4.13. The first kappa shape index (κ1) is 11.6. The van der Waals surface area contributed by atoms with Crippen LogP contribution in [0, 0.1) is 0 Å². The van der Waals surface area contributed by atoms with Gasteiger partial charge in [0, 0.05) is 0 Å². The van der Waals surface area contributed by atoms with Crippen LogP contribution in [0.1, 0.15) is 0 Å². The third-order valence-corrected chi connectivity index (χ3v) is 1.51. The molecule has 0 bridgehead atoms. The van der Waals surface area contributed by atoms with E-state index in [1.807, 2.05) is 11.5 Å². The summed E-state index contributed by atoms with van der Waals surface area (Å²) in [5.74, 6) is 0. The smallest absolute Gasteiger partial charge is 0.307 e. The van der Waals surface area contributed by atoms with E-state index in [-0.39, 0.29) is 0 Å². The molecule has 0 saturated heterocycles. The molecule has 0 atom stereocenters. The van der Waals surface area contributed by atoms with E-state index in [4.69, 9.17) is 9.35 Å². The summed E-state index contributed by atoms with van der Waals surface area (Å²) in [6.07, 6.45) is 0. The Morgan fingerprint density at radius 1 is 1.15 bits per heavy atom. The van der Waals surface area contributed by atoms with Gasteiger partial charge in [0.1, 0.15) is 6.79 Å².